The lowest BCUT2D eigenvalue weighted by molar-refractivity contribution is 0.100. The molecule has 0 aliphatic heterocycles. The molecule has 0 spiro atoms. The van der Waals surface area contributed by atoms with Crippen molar-refractivity contribution in [1.29, 1.82) is 0 Å². The Balaban J connectivity index is 1.71. The number of hydrogen-bond donors (Lipinski definition) is 1. The van der Waals surface area contributed by atoms with Gasteiger partial charge in [0.25, 0.3) is 0 Å². The molecule has 7 heteroatoms. The van der Waals surface area contributed by atoms with Crippen molar-refractivity contribution in [2.75, 3.05) is 13.7 Å². The first-order chi connectivity index (χ1) is 13.0. The Kier molecular flexibility index (Phi) is 5.88. The van der Waals surface area contributed by atoms with Crippen LogP contribution >= 0.6 is 22.9 Å². The van der Waals surface area contributed by atoms with Crippen LogP contribution < -0.4 is 4.74 Å². The fourth-order valence-corrected chi connectivity index (χ4v) is 3.59. The monoisotopic (exact) mass is 400 g/mol. The van der Waals surface area contributed by atoms with Crippen LogP contribution in [0.15, 0.2) is 47.5 Å². The van der Waals surface area contributed by atoms with E-state index in [1.807, 2.05) is 19.1 Å². The maximum atomic E-state index is 12.5. The summed E-state index contributed by atoms with van der Waals surface area (Å²) < 4.78 is 5.00. The Morgan fingerprint density at radius 2 is 2.04 bits per heavy atom. The number of aliphatic imine (C=N–C) groups is 1. The summed E-state index contributed by atoms with van der Waals surface area (Å²) >= 11 is 7.26. The Labute approximate surface area is 165 Å². The zero-order valence-electron chi connectivity index (χ0n) is 14.8. The number of benzene rings is 2. The number of nitrogens with zero attached hydrogens (tertiary/aromatic N) is 2. The number of ether oxygens (including phenoxy) is 1. The van der Waals surface area contributed by atoms with E-state index in [2.05, 4.69) is 9.98 Å². The molecule has 2 aromatic carbocycles. The average molecular weight is 401 g/mol. The molecule has 0 aliphatic rings. The van der Waals surface area contributed by atoms with Crippen LogP contribution in [0, 0.1) is 6.92 Å². The molecule has 1 heterocycles. The molecule has 0 fully saturated rings. The minimum absolute atomic E-state index is 0.00980. The summed E-state index contributed by atoms with van der Waals surface area (Å²) in [5.41, 5.74) is 2.29. The topological polar surface area (TPSA) is 71.8 Å². The molecule has 0 radical (unpaired) electrons. The first-order valence-corrected chi connectivity index (χ1v) is 9.31. The predicted molar refractivity (Wildman–Crippen MR) is 109 cm³/mol. The van der Waals surface area contributed by atoms with Crippen molar-refractivity contribution in [2.24, 2.45) is 4.99 Å². The maximum absolute atomic E-state index is 12.5. The number of aromatic nitrogens is 1. The molecule has 3 aromatic rings. The van der Waals surface area contributed by atoms with Gasteiger partial charge in [-0.2, -0.15) is 0 Å². The summed E-state index contributed by atoms with van der Waals surface area (Å²) in [5.74, 6) is 0.316. The minimum atomic E-state index is -0.0980. The lowest BCUT2D eigenvalue weighted by atomic mass is 10.2. The van der Waals surface area contributed by atoms with Crippen LogP contribution in [0.2, 0.25) is 5.02 Å². The number of aryl methyl sites for hydroxylation is 1. The van der Waals surface area contributed by atoms with Crippen LogP contribution in [-0.2, 0) is 0 Å². The third kappa shape index (κ3) is 4.53. The molecule has 138 valence electrons. The van der Waals surface area contributed by atoms with Gasteiger partial charge in [-0.3, -0.25) is 9.79 Å². The highest BCUT2D eigenvalue weighted by molar-refractivity contribution is 7.17. The number of methoxy groups -OCH3 is 1. The molecule has 0 aliphatic carbocycles. The number of aromatic hydroxyl groups is 1. The summed E-state index contributed by atoms with van der Waals surface area (Å²) in [6.45, 7) is 1.82. The number of rotatable bonds is 6. The summed E-state index contributed by atoms with van der Waals surface area (Å²) in [6.07, 6.45) is 1.55. The van der Waals surface area contributed by atoms with Crippen LogP contribution in [0.3, 0.4) is 0 Å². The van der Waals surface area contributed by atoms with Gasteiger partial charge in [0.15, 0.2) is 17.3 Å². The number of Topliss-reactive ketones (excluding diaryl/α,β-unsaturated/α-hetero) is 1. The minimum Gasteiger partial charge on any atom is -0.504 e. The Morgan fingerprint density at radius 1 is 1.30 bits per heavy atom. The number of ketones is 1. The lowest BCUT2D eigenvalue weighted by Crippen LogP contribution is -2.03. The van der Waals surface area contributed by atoms with E-state index in [1.54, 1.807) is 30.5 Å². The number of carbonyl (C=O) groups is 1. The van der Waals surface area contributed by atoms with Gasteiger partial charge >= 0.3 is 0 Å². The lowest BCUT2D eigenvalue weighted by Gasteiger charge is -2.02. The quantitative estimate of drug-likeness (QED) is 0.477. The zero-order valence-corrected chi connectivity index (χ0v) is 16.3. The largest absolute Gasteiger partial charge is 0.504 e. The van der Waals surface area contributed by atoms with Crippen LogP contribution in [0.25, 0.3) is 10.6 Å². The van der Waals surface area contributed by atoms with Crippen molar-refractivity contribution in [1.82, 2.24) is 4.98 Å². The van der Waals surface area contributed by atoms with Crippen LogP contribution in [0.4, 0.5) is 0 Å². The summed E-state index contributed by atoms with van der Waals surface area (Å²) in [4.78, 5) is 21.7. The van der Waals surface area contributed by atoms with Crippen LogP contribution in [-0.4, -0.2) is 35.7 Å². The van der Waals surface area contributed by atoms with Gasteiger partial charge in [-0.1, -0.05) is 23.7 Å². The van der Waals surface area contributed by atoms with Gasteiger partial charge in [0.1, 0.15) is 11.6 Å². The van der Waals surface area contributed by atoms with Gasteiger partial charge in [-0.05, 0) is 42.8 Å². The smallest absolute Gasteiger partial charge is 0.196 e. The maximum Gasteiger partial charge on any atom is 0.196 e. The van der Waals surface area contributed by atoms with E-state index in [4.69, 9.17) is 16.3 Å². The first-order valence-electron chi connectivity index (χ1n) is 8.11. The van der Waals surface area contributed by atoms with E-state index in [0.29, 0.717) is 26.9 Å². The molecular formula is C20H17ClN2O3S. The van der Waals surface area contributed by atoms with Gasteiger partial charge in [0, 0.05) is 16.8 Å². The van der Waals surface area contributed by atoms with Crippen LogP contribution in [0.5, 0.6) is 11.5 Å². The summed E-state index contributed by atoms with van der Waals surface area (Å²) in [6, 6.07) is 12.3. The third-order valence-electron chi connectivity index (χ3n) is 3.82. The van der Waals surface area contributed by atoms with Gasteiger partial charge in [0.2, 0.25) is 0 Å². The second-order valence-corrected chi connectivity index (χ2v) is 7.20. The Bertz CT molecular complexity index is 997. The molecule has 1 N–H and O–H groups in total. The Morgan fingerprint density at radius 3 is 2.70 bits per heavy atom. The number of hydrogen-bond acceptors (Lipinski definition) is 6. The standard InChI is InChI=1S/C20H17ClN2O3S/c1-12-19(27-20(23-12)14-4-6-15(21)7-5-14)17(25)11-22-10-13-3-8-18(26-2)16(24)9-13/h3-10,24H,11H2,1-2H3. The molecule has 0 saturated heterocycles. The van der Waals surface area contributed by atoms with E-state index >= 15 is 0 Å². The van der Waals surface area contributed by atoms with Crippen LogP contribution in [0.1, 0.15) is 20.9 Å². The van der Waals surface area contributed by atoms with Crippen molar-refractivity contribution in [3.8, 4) is 22.1 Å². The van der Waals surface area contributed by atoms with Crippen molar-refractivity contribution in [3.63, 3.8) is 0 Å². The Hall–Kier alpha value is -2.70. The predicted octanol–water partition coefficient (Wildman–Crippen LogP) is 4.79. The number of phenols is 1. The van der Waals surface area contributed by atoms with Crippen molar-refractivity contribution >= 4 is 34.9 Å². The number of thiazole rings is 1. The molecule has 0 unspecified atom stereocenters. The molecule has 0 bridgehead atoms. The molecule has 0 atom stereocenters. The number of phenolic OH excluding ortho intramolecular Hbond substituents is 1. The van der Waals surface area contributed by atoms with Crippen molar-refractivity contribution in [2.45, 2.75) is 6.92 Å². The van der Waals surface area contributed by atoms with Crippen molar-refractivity contribution < 1.29 is 14.6 Å². The third-order valence-corrected chi connectivity index (χ3v) is 5.32. The van der Waals surface area contributed by atoms with E-state index in [0.717, 1.165) is 10.6 Å². The molecule has 3 rings (SSSR count). The van der Waals surface area contributed by atoms with Gasteiger partial charge in [-0.15, -0.1) is 11.3 Å². The van der Waals surface area contributed by atoms with E-state index in [-0.39, 0.29) is 18.1 Å². The zero-order chi connectivity index (χ0) is 19.4. The molecule has 27 heavy (non-hydrogen) atoms. The molecular weight excluding hydrogens is 384 g/mol. The van der Waals surface area contributed by atoms with Gasteiger partial charge in [0.05, 0.1) is 17.7 Å². The molecule has 1 aromatic heterocycles. The van der Waals surface area contributed by atoms with Gasteiger partial charge in [-0.25, -0.2) is 4.98 Å². The number of halogens is 1. The SMILES string of the molecule is COc1ccc(C=NCC(=O)c2sc(-c3ccc(Cl)cc3)nc2C)cc1O. The summed E-state index contributed by atoms with van der Waals surface area (Å²) in [7, 11) is 1.48. The normalized spacial score (nSPS) is 11.1. The molecule has 5 nitrogen and oxygen atoms in total. The average Bonchev–Trinajstić information content (AvgIpc) is 3.04. The highest BCUT2D eigenvalue weighted by atomic mass is 35.5. The highest BCUT2D eigenvalue weighted by Gasteiger charge is 2.15. The first kappa shape index (κ1) is 19.1. The second kappa shape index (κ2) is 8.33. The molecule has 0 amide bonds. The second-order valence-electron chi connectivity index (χ2n) is 5.76. The fraction of sp³-hybridized carbons (Fsp3) is 0.150. The van der Waals surface area contributed by atoms with Crippen molar-refractivity contribution in [3.05, 3.63) is 63.6 Å². The van der Waals surface area contributed by atoms with Gasteiger partial charge < -0.3 is 9.84 Å². The summed E-state index contributed by atoms with van der Waals surface area (Å²) in [5, 5.41) is 11.2. The molecule has 0 saturated carbocycles. The van der Waals surface area contributed by atoms with E-state index in [1.165, 1.54) is 24.5 Å². The fourth-order valence-electron chi connectivity index (χ4n) is 2.46. The number of carbonyl (C=O) groups excluding carboxylic acids is 1. The van der Waals surface area contributed by atoms with E-state index in [9.17, 15) is 9.90 Å². The highest BCUT2D eigenvalue weighted by Crippen LogP contribution is 2.29. The van der Waals surface area contributed by atoms with E-state index < -0.39 is 0 Å².